The molecule has 0 radical (unpaired) electrons. The number of ether oxygens (including phenoxy) is 1. The number of hydrogen-bond acceptors (Lipinski definition) is 5. The van der Waals surface area contributed by atoms with E-state index in [4.69, 9.17) is 10.00 Å². The Morgan fingerprint density at radius 2 is 2.10 bits per heavy atom. The molecule has 0 bridgehead atoms. The minimum absolute atomic E-state index is 0.0702. The van der Waals surface area contributed by atoms with Crippen LogP contribution in [0.15, 0.2) is 23.1 Å². The van der Waals surface area contributed by atoms with Crippen molar-refractivity contribution in [2.45, 2.75) is 30.2 Å². The van der Waals surface area contributed by atoms with E-state index in [0.717, 1.165) is 0 Å². The number of aliphatic hydroxyl groups excluding tert-OH is 1. The van der Waals surface area contributed by atoms with Crippen LogP contribution in [0.4, 0.5) is 0 Å². The maximum Gasteiger partial charge on any atom is 0.241 e. The molecule has 0 atom stereocenters. The van der Waals surface area contributed by atoms with Crippen LogP contribution in [0.3, 0.4) is 0 Å². The van der Waals surface area contributed by atoms with Crippen LogP contribution >= 0.6 is 0 Å². The fraction of sp³-hybridized carbons (Fsp3) is 0.500. The lowest BCUT2D eigenvalue weighted by Crippen LogP contribution is -2.54. The molecule has 1 heterocycles. The normalized spacial score (nSPS) is 18.1. The van der Waals surface area contributed by atoms with E-state index < -0.39 is 15.6 Å². The Balaban J connectivity index is 2.36. The Morgan fingerprint density at radius 1 is 1.43 bits per heavy atom. The first-order chi connectivity index (χ1) is 9.92. The van der Waals surface area contributed by atoms with Crippen molar-refractivity contribution in [2.75, 3.05) is 19.8 Å². The molecule has 7 heteroatoms. The predicted octanol–water partition coefficient (Wildman–Crippen LogP) is 0.687. The average Bonchev–Trinajstić information content (AvgIpc) is 2.48. The van der Waals surface area contributed by atoms with Crippen molar-refractivity contribution in [3.05, 3.63) is 29.3 Å². The lowest BCUT2D eigenvalue weighted by Gasteiger charge is -2.36. The highest BCUT2D eigenvalue weighted by atomic mass is 32.2. The van der Waals surface area contributed by atoms with Crippen molar-refractivity contribution in [3.8, 4) is 6.07 Å². The van der Waals surface area contributed by atoms with Crippen LogP contribution in [-0.2, 0) is 14.8 Å². The summed E-state index contributed by atoms with van der Waals surface area (Å²) in [4.78, 5) is 0.0702. The van der Waals surface area contributed by atoms with Gasteiger partial charge in [0.05, 0.1) is 28.7 Å². The van der Waals surface area contributed by atoms with E-state index in [9.17, 15) is 13.5 Å². The van der Waals surface area contributed by atoms with Gasteiger partial charge < -0.3 is 9.84 Å². The minimum atomic E-state index is -3.81. The van der Waals surface area contributed by atoms with Gasteiger partial charge in [-0.05, 0) is 37.5 Å². The zero-order valence-corrected chi connectivity index (χ0v) is 12.6. The lowest BCUT2D eigenvalue weighted by molar-refractivity contribution is 0.0223. The molecule has 1 fully saturated rings. The van der Waals surface area contributed by atoms with Gasteiger partial charge in [-0.2, -0.15) is 5.26 Å². The van der Waals surface area contributed by atoms with Crippen LogP contribution < -0.4 is 4.72 Å². The number of rotatable bonds is 4. The van der Waals surface area contributed by atoms with Gasteiger partial charge in [-0.25, -0.2) is 13.1 Å². The van der Waals surface area contributed by atoms with Crippen LogP contribution in [0, 0.1) is 18.3 Å². The molecule has 1 aromatic carbocycles. The Labute approximate surface area is 124 Å². The fourth-order valence-electron chi connectivity index (χ4n) is 2.35. The van der Waals surface area contributed by atoms with Crippen LogP contribution in [-0.4, -0.2) is 38.9 Å². The number of nitrogens with one attached hydrogen (secondary N) is 1. The van der Waals surface area contributed by atoms with Crippen molar-refractivity contribution in [3.63, 3.8) is 0 Å². The topological polar surface area (TPSA) is 99.4 Å². The van der Waals surface area contributed by atoms with Crippen molar-refractivity contribution >= 4 is 10.0 Å². The highest BCUT2D eigenvalue weighted by molar-refractivity contribution is 7.89. The van der Waals surface area contributed by atoms with Crippen molar-refractivity contribution < 1.29 is 18.3 Å². The number of nitrogens with zero attached hydrogens (tertiary/aromatic N) is 1. The molecule has 2 rings (SSSR count). The summed E-state index contributed by atoms with van der Waals surface area (Å²) < 4.78 is 33.0. The van der Waals surface area contributed by atoms with E-state index in [2.05, 4.69) is 4.72 Å². The molecule has 2 N–H and O–H groups in total. The van der Waals surface area contributed by atoms with E-state index >= 15 is 0 Å². The van der Waals surface area contributed by atoms with Crippen LogP contribution in [0.1, 0.15) is 24.0 Å². The molecular formula is C14H18N2O4S. The molecule has 114 valence electrons. The summed E-state index contributed by atoms with van der Waals surface area (Å²) in [6, 6.07) is 6.46. The molecule has 1 saturated heterocycles. The standard InChI is InChI=1S/C14H18N2O4S/c1-11-2-3-12(9-15)8-13(11)21(18,19)16-14(10-17)4-6-20-7-5-14/h2-3,8,16-17H,4-7,10H2,1H3. The van der Waals surface area contributed by atoms with E-state index in [1.807, 2.05) is 6.07 Å². The Morgan fingerprint density at radius 3 is 2.67 bits per heavy atom. The van der Waals surface area contributed by atoms with Crippen LogP contribution in [0.5, 0.6) is 0 Å². The number of nitriles is 1. The third kappa shape index (κ3) is 3.41. The Kier molecular flexibility index (Phi) is 4.64. The van der Waals surface area contributed by atoms with Crippen LogP contribution in [0.2, 0.25) is 0 Å². The highest BCUT2D eigenvalue weighted by Gasteiger charge is 2.37. The first-order valence-electron chi connectivity index (χ1n) is 6.66. The molecule has 1 aliphatic heterocycles. The van der Waals surface area contributed by atoms with Gasteiger partial charge in [0.25, 0.3) is 0 Å². The van der Waals surface area contributed by atoms with E-state index in [0.29, 0.717) is 31.6 Å². The molecule has 0 spiro atoms. The number of hydrogen-bond donors (Lipinski definition) is 2. The molecule has 0 amide bonds. The molecule has 0 aliphatic carbocycles. The monoisotopic (exact) mass is 310 g/mol. The van der Waals surface area contributed by atoms with Crippen molar-refractivity contribution in [1.82, 2.24) is 4.72 Å². The van der Waals surface area contributed by atoms with Gasteiger partial charge in [-0.1, -0.05) is 6.07 Å². The van der Waals surface area contributed by atoms with Gasteiger partial charge >= 0.3 is 0 Å². The summed E-state index contributed by atoms with van der Waals surface area (Å²) >= 11 is 0. The maximum atomic E-state index is 12.6. The van der Waals surface area contributed by atoms with E-state index in [1.54, 1.807) is 19.1 Å². The molecular weight excluding hydrogens is 292 g/mol. The maximum absolute atomic E-state index is 12.6. The number of aliphatic hydroxyl groups is 1. The van der Waals surface area contributed by atoms with E-state index in [1.165, 1.54) is 6.07 Å². The Bertz CT molecular complexity index is 658. The summed E-state index contributed by atoms with van der Waals surface area (Å²) in [5, 5.41) is 18.5. The second-order valence-electron chi connectivity index (χ2n) is 5.25. The molecule has 21 heavy (non-hydrogen) atoms. The van der Waals surface area contributed by atoms with Gasteiger partial charge in [-0.15, -0.1) is 0 Å². The molecule has 1 aliphatic rings. The number of benzene rings is 1. The zero-order chi connectivity index (χ0) is 15.5. The van der Waals surface area contributed by atoms with Gasteiger partial charge in [-0.3, -0.25) is 0 Å². The number of sulfonamides is 1. The van der Waals surface area contributed by atoms with Crippen molar-refractivity contribution in [1.29, 1.82) is 5.26 Å². The summed E-state index contributed by atoms with van der Waals surface area (Å²) in [5.41, 5.74) is -0.0562. The third-order valence-electron chi connectivity index (χ3n) is 3.71. The first kappa shape index (κ1) is 15.9. The Hall–Kier alpha value is -1.46. The smallest absolute Gasteiger partial charge is 0.241 e. The minimum Gasteiger partial charge on any atom is -0.394 e. The summed E-state index contributed by atoms with van der Waals surface area (Å²) in [6.07, 6.45) is 0.833. The zero-order valence-electron chi connectivity index (χ0n) is 11.8. The number of aryl methyl sites for hydroxylation is 1. The molecule has 0 unspecified atom stereocenters. The first-order valence-corrected chi connectivity index (χ1v) is 8.14. The molecule has 0 saturated carbocycles. The second kappa shape index (κ2) is 6.12. The lowest BCUT2D eigenvalue weighted by atomic mass is 9.93. The predicted molar refractivity (Wildman–Crippen MR) is 76.1 cm³/mol. The second-order valence-corrected chi connectivity index (χ2v) is 6.90. The van der Waals surface area contributed by atoms with E-state index in [-0.39, 0.29) is 17.1 Å². The molecule has 6 nitrogen and oxygen atoms in total. The average molecular weight is 310 g/mol. The van der Waals surface area contributed by atoms with Crippen molar-refractivity contribution in [2.24, 2.45) is 0 Å². The fourth-order valence-corrected chi connectivity index (χ4v) is 4.08. The van der Waals surface area contributed by atoms with Gasteiger partial charge in [0, 0.05) is 13.2 Å². The largest absolute Gasteiger partial charge is 0.394 e. The summed E-state index contributed by atoms with van der Waals surface area (Å²) in [6.45, 7) is 2.19. The highest BCUT2D eigenvalue weighted by Crippen LogP contribution is 2.25. The third-order valence-corrected chi connectivity index (χ3v) is 5.43. The van der Waals surface area contributed by atoms with Gasteiger partial charge in [0.1, 0.15) is 0 Å². The molecule has 0 aromatic heterocycles. The van der Waals surface area contributed by atoms with Gasteiger partial charge in [0.15, 0.2) is 0 Å². The molecule has 1 aromatic rings. The van der Waals surface area contributed by atoms with Gasteiger partial charge in [0.2, 0.25) is 10.0 Å². The summed E-state index contributed by atoms with van der Waals surface area (Å²) in [7, 11) is -3.81. The SMILES string of the molecule is Cc1ccc(C#N)cc1S(=O)(=O)NC1(CO)CCOCC1. The quantitative estimate of drug-likeness (QED) is 0.852. The summed E-state index contributed by atoms with van der Waals surface area (Å²) in [5.74, 6) is 0. The van der Waals surface area contributed by atoms with Crippen LogP contribution in [0.25, 0.3) is 0 Å².